The summed E-state index contributed by atoms with van der Waals surface area (Å²) < 4.78 is 0. The fraction of sp³-hybridized carbons (Fsp3) is 0.800. The number of rotatable bonds is 4. The van der Waals surface area contributed by atoms with Gasteiger partial charge in [0.15, 0.2) is 0 Å². The zero-order chi connectivity index (χ0) is 30.4. The zero-order valence-electron chi connectivity index (χ0n) is 29.4. The van der Waals surface area contributed by atoms with Gasteiger partial charge in [0.05, 0.1) is 0 Å². The Balaban J connectivity index is 1.71. The average molecular weight is 579 g/mol. The molecule has 5 aliphatic carbocycles. The van der Waals surface area contributed by atoms with Gasteiger partial charge in [-0.25, -0.2) is 10.0 Å². The maximum absolute atomic E-state index is 2.83. The lowest BCUT2D eigenvalue weighted by Gasteiger charge is -2.59. The summed E-state index contributed by atoms with van der Waals surface area (Å²) in [4.78, 5) is 0. The van der Waals surface area contributed by atoms with Crippen LogP contribution in [-0.2, 0) is 0 Å². The van der Waals surface area contributed by atoms with E-state index in [1.54, 1.807) is 11.1 Å². The zero-order valence-corrected chi connectivity index (χ0v) is 30.2. The maximum Gasteiger partial charge on any atom is 0.00287 e. The van der Waals surface area contributed by atoms with Crippen molar-refractivity contribution in [2.75, 3.05) is 11.5 Å². The molecule has 0 amide bonds. The van der Waals surface area contributed by atoms with Gasteiger partial charge in [-0.3, -0.25) is 0 Å². The van der Waals surface area contributed by atoms with Crippen LogP contribution in [-0.4, -0.2) is 22.0 Å². The van der Waals surface area contributed by atoms with E-state index in [1.165, 1.54) is 11.5 Å². The van der Waals surface area contributed by atoms with Crippen LogP contribution >= 0.6 is 10.0 Å². The van der Waals surface area contributed by atoms with Crippen molar-refractivity contribution in [3.8, 4) is 0 Å². The summed E-state index contributed by atoms with van der Waals surface area (Å²) in [6, 6.07) is 0. The fourth-order valence-corrected chi connectivity index (χ4v) is 17.6. The highest BCUT2D eigenvalue weighted by atomic mass is 32.3. The van der Waals surface area contributed by atoms with Gasteiger partial charge in [-0.2, -0.15) is 0 Å². The molecule has 0 nitrogen and oxygen atoms in total. The van der Waals surface area contributed by atoms with Crippen molar-refractivity contribution < 1.29 is 0 Å². The summed E-state index contributed by atoms with van der Waals surface area (Å²) in [6.07, 6.45) is 16.1. The quantitative estimate of drug-likeness (QED) is 0.311. The Kier molecular flexibility index (Phi) is 8.31. The Morgan fingerprint density at radius 2 is 0.902 bits per heavy atom. The van der Waals surface area contributed by atoms with Crippen LogP contribution in [0.5, 0.6) is 0 Å². The molecule has 13 atom stereocenters. The lowest BCUT2D eigenvalue weighted by atomic mass is 9.58. The Labute approximate surface area is 257 Å². The van der Waals surface area contributed by atoms with Crippen LogP contribution < -0.4 is 0 Å². The summed E-state index contributed by atoms with van der Waals surface area (Å²) in [5, 5.41) is 1.68. The molecule has 0 aromatic heterocycles. The van der Waals surface area contributed by atoms with Crippen molar-refractivity contribution in [2.45, 2.75) is 107 Å². The summed E-state index contributed by atoms with van der Waals surface area (Å²) in [5.74, 6) is 12.3. The molecule has 0 aromatic rings. The molecule has 3 fully saturated rings. The minimum absolute atomic E-state index is 0.206. The lowest BCUT2D eigenvalue weighted by Crippen LogP contribution is -2.48. The molecule has 0 aliphatic heterocycles. The molecule has 0 bridgehead atoms. The van der Waals surface area contributed by atoms with Crippen molar-refractivity contribution in [1.82, 2.24) is 0 Å². The number of hydrogen-bond acceptors (Lipinski definition) is 0. The van der Waals surface area contributed by atoms with Gasteiger partial charge in [-0.05, 0) is 110 Å². The molecule has 13 unspecified atom stereocenters. The second kappa shape index (κ2) is 10.7. The van der Waals surface area contributed by atoms with E-state index in [0.717, 1.165) is 57.8 Å². The van der Waals surface area contributed by atoms with Crippen LogP contribution in [0.4, 0.5) is 0 Å². The highest BCUT2D eigenvalue weighted by molar-refractivity contribution is 8.34. The predicted octanol–water partition coefficient (Wildman–Crippen LogP) is 11.2. The molecule has 0 N–H and O–H groups in total. The molecule has 5 aliphatic rings. The van der Waals surface area contributed by atoms with Gasteiger partial charge in [0.2, 0.25) is 0 Å². The lowest BCUT2D eigenvalue weighted by molar-refractivity contribution is 0.0152. The molecule has 0 saturated heterocycles. The van der Waals surface area contributed by atoms with E-state index in [-0.39, 0.29) is 10.8 Å². The Hall–Kier alpha value is -0.690. The van der Waals surface area contributed by atoms with Crippen LogP contribution in [0.25, 0.3) is 0 Å². The predicted molar refractivity (Wildman–Crippen MR) is 186 cm³/mol. The molecule has 0 spiro atoms. The summed E-state index contributed by atoms with van der Waals surface area (Å²) in [6.45, 7) is 35.7. The van der Waals surface area contributed by atoms with Gasteiger partial charge in [-0.15, -0.1) is 0 Å². The van der Waals surface area contributed by atoms with Crippen molar-refractivity contribution in [3.05, 3.63) is 47.6 Å². The van der Waals surface area contributed by atoms with E-state index in [4.69, 9.17) is 0 Å². The van der Waals surface area contributed by atoms with Crippen LogP contribution in [0.15, 0.2) is 47.6 Å². The maximum atomic E-state index is 2.83. The van der Waals surface area contributed by atoms with Gasteiger partial charge in [0.1, 0.15) is 0 Å². The summed E-state index contributed by atoms with van der Waals surface area (Å²) in [5.41, 5.74) is 3.58. The largest absolute Gasteiger partial charge is 0.234 e. The van der Waals surface area contributed by atoms with Gasteiger partial charge < -0.3 is 0 Å². The molecule has 5 rings (SSSR count). The second-order valence-electron chi connectivity index (χ2n) is 17.6. The van der Waals surface area contributed by atoms with E-state index in [0.29, 0.717) is 23.7 Å². The molecule has 41 heavy (non-hydrogen) atoms. The van der Waals surface area contributed by atoms with Crippen LogP contribution in [0.3, 0.4) is 0 Å². The molecule has 3 saturated carbocycles. The fourth-order valence-electron chi connectivity index (χ4n) is 11.3. The Bertz CT molecular complexity index is 1050. The minimum atomic E-state index is -0.914. The van der Waals surface area contributed by atoms with E-state index < -0.39 is 10.0 Å². The van der Waals surface area contributed by atoms with Gasteiger partial charge >= 0.3 is 0 Å². The van der Waals surface area contributed by atoms with Crippen LogP contribution in [0.2, 0.25) is 0 Å². The minimum Gasteiger partial charge on any atom is -0.234 e. The van der Waals surface area contributed by atoms with Crippen molar-refractivity contribution in [1.29, 1.82) is 0 Å². The smallest absolute Gasteiger partial charge is 0.00287 e. The van der Waals surface area contributed by atoms with Gasteiger partial charge in [0, 0.05) is 5.25 Å². The van der Waals surface area contributed by atoms with Crippen molar-refractivity contribution in [3.63, 3.8) is 0 Å². The third kappa shape index (κ3) is 4.75. The average Bonchev–Trinajstić information content (AvgIpc) is 3.38. The first-order valence-electron chi connectivity index (χ1n) is 17.6. The van der Waals surface area contributed by atoms with Crippen LogP contribution in [0, 0.1) is 81.8 Å². The van der Waals surface area contributed by atoms with E-state index in [9.17, 15) is 0 Å². The van der Waals surface area contributed by atoms with E-state index in [1.807, 2.05) is 0 Å². The van der Waals surface area contributed by atoms with Crippen molar-refractivity contribution >= 4 is 10.0 Å². The van der Waals surface area contributed by atoms with Crippen LogP contribution in [0.1, 0.15) is 96.9 Å². The molecular weight excluding hydrogens is 513 g/mol. The first-order valence-corrected chi connectivity index (χ1v) is 19.7. The third-order valence-corrected chi connectivity index (χ3v) is 19.9. The molecule has 0 aromatic carbocycles. The number of fused-ring (bicyclic) bond motifs is 4. The highest BCUT2D eigenvalue weighted by Gasteiger charge is 2.63. The molecule has 1 heteroatoms. The van der Waals surface area contributed by atoms with Gasteiger partial charge in [0.25, 0.3) is 0 Å². The highest BCUT2D eigenvalue weighted by Crippen LogP contribution is 2.75. The summed E-state index contributed by atoms with van der Waals surface area (Å²) in [7, 11) is -0.914. The normalized spacial score (nSPS) is 46.5. The molecule has 232 valence electrons. The Morgan fingerprint density at radius 3 is 1.29 bits per heavy atom. The Morgan fingerprint density at radius 1 is 0.512 bits per heavy atom. The summed E-state index contributed by atoms with van der Waals surface area (Å²) >= 11 is 0. The van der Waals surface area contributed by atoms with E-state index >= 15 is 0 Å². The molecule has 0 heterocycles. The molecular formula is C40H66S. The SMILES string of the molecule is CCS(CC)(C1C2C=C(C(C)(C)C)C=CC2C2C=CC(C(C)(C)C)=CC21)C1C(C)C(C)C2C(C)C(C)C(C)C(C)C21. The first-order chi connectivity index (χ1) is 19.0. The second-order valence-corrected chi connectivity index (χ2v) is 21.9. The van der Waals surface area contributed by atoms with E-state index in [2.05, 4.69) is 133 Å². The third-order valence-electron chi connectivity index (χ3n) is 14.2. The number of allylic oxidation sites excluding steroid dienone is 8. The molecule has 0 radical (unpaired) electrons. The standard InChI is InChI=1S/C40H66S/c1-15-41(16-2,37-28(8)27(7)35-25(5)23(3)24(4)26(6)36(35)37)38-33-21-29(39(9,10)11)17-19-31(33)32-20-18-30(22-34(32)38)40(12,13)14/h17-28,31-38H,15-16H2,1-14H3. The van der Waals surface area contributed by atoms with Gasteiger partial charge in [-0.1, -0.05) is 133 Å². The first kappa shape index (κ1) is 31.7. The topological polar surface area (TPSA) is 0 Å². The number of hydrogen-bond donors (Lipinski definition) is 0. The monoisotopic (exact) mass is 578 g/mol. The van der Waals surface area contributed by atoms with Crippen molar-refractivity contribution in [2.24, 2.45) is 81.8 Å².